The molecule has 2 aromatic rings. The predicted molar refractivity (Wildman–Crippen MR) is 75.2 cm³/mol. The molecule has 0 saturated carbocycles. The molecule has 0 aliphatic rings. The summed E-state index contributed by atoms with van der Waals surface area (Å²) < 4.78 is 5.48. The number of carbonyl (C=O) groups excluding carboxylic acids is 1. The lowest BCUT2D eigenvalue weighted by atomic mass is 10.1. The Morgan fingerprint density at radius 2 is 1.95 bits per heavy atom. The molecule has 1 aromatic carbocycles. The molecule has 2 rings (SSSR count). The van der Waals surface area contributed by atoms with Crippen molar-refractivity contribution < 1.29 is 9.21 Å². The summed E-state index contributed by atoms with van der Waals surface area (Å²) in [6.45, 7) is 7.56. The molecule has 0 saturated heterocycles. The Labute approximate surface area is 113 Å². The maximum absolute atomic E-state index is 12.4. The van der Waals surface area contributed by atoms with Gasteiger partial charge in [-0.3, -0.25) is 4.79 Å². The van der Waals surface area contributed by atoms with Crippen molar-refractivity contribution >= 4 is 17.0 Å². The monoisotopic (exact) mass is 260 g/mol. The van der Waals surface area contributed by atoms with Crippen molar-refractivity contribution in [2.75, 3.05) is 13.1 Å². The number of rotatable bonds is 5. The minimum Gasteiger partial charge on any atom is -0.441 e. The number of hydrogen-bond donors (Lipinski definition) is 0. The zero-order valence-corrected chi connectivity index (χ0v) is 11.8. The van der Waals surface area contributed by atoms with E-state index in [4.69, 9.17) is 4.42 Å². The van der Waals surface area contributed by atoms with Crippen LogP contribution in [0.15, 0.2) is 22.6 Å². The Morgan fingerprint density at radius 1 is 1.26 bits per heavy atom. The molecule has 0 aliphatic heterocycles. The van der Waals surface area contributed by atoms with Crippen LogP contribution >= 0.6 is 0 Å². The van der Waals surface area contributed by atoms with Gasteiger partial charge in [0, 0.05) is 25.6 Å². The Hall–Kier alpha value is -1.84. The van der Waals surface area contributed by atoms with Crippen LogP contribution in [0.1, 0.15) is 42.9 Å². The van der Waals surface area contributed by atoms with Crippen molar-refractivity contribution in [2.45, 2.75) is 33.6 Å². The largest absolute Gasteiger partial charge is 0.441 e. The molecular weight excluding hydrogens is 240 g/mol. The molecule has 0 spiro atoms. The third kappa shape index (κ3) is 2.95. The van der Waals surface area contributed by atoms with Crippen molar-refractivity contribution in [3.8, 4) is 0 Å². The van der Waals surface area contributed by atoms with E-state index in [0.29, 0.717) is 17.0 Å². The van der Waals surface area contributed by atoms with Crippen molar-refractivity contribution in [1.82, 2.24) is 9.88 Å². The minimum atomic E-state index is 0.0691. The Bertz CT molecular complexity index is 569. The first-order valence-electron chi connectivity index (χ1n) is 6.82. The van der Waals surface area contributed by atoms with Crippen molar-refractivity contribution in [1.29, 1.82) is 0 Å². The summed E-state index contributed by atoms with van der Waals surface area (Å²) >= 11 is 0. The number of oxazole rings is 1. The number of fused-ring (bicyclic) bond motifs is 1. The van der Waals surface area contributed by atoms with E-state index in [9.17, 15) is 4.79 Å². The van der Waals surface area contributed by atoms with E-state index in [0.717, 1.165) is 31.4 Å². The van der Waals surface area contributed by atoms with E-state index >= 15 is 0 Å². The summed E-state index contributed by atoms with van der Waals surface area (Å²) in [5.74, 6) is 0.693. The van der Waals surface area contributed by atoms with Gasteiger partial charge in [-0.2, -0.15) is 0 Å². The summed E-state index contributed by atoms with van der Waals surface area (Å²) in [4.78, 5) is 18.6. The van der Waals surface area contributed by atoms with Gasteiger partial charge in [0.15, 0.2) is 11.5 Å². The number of aromatic nitrogens is 1. The standard InChI is InChI=1S/C15H20N2O2/c1-4-8-17(9-5-2)15(18)12-6-7-13-14(10-12)19-11(3)16-13/h6-7,10H,4-5,8-9H2,1-3H3. The summed E-state index contributed by atoms with van der Waals surface area (Å²) in [6.07, 6.45) is 1.94. The van der Waals surface area contributed by atoms with Crippen LogP contribution in [0, 0.1) is 6.92 Å². The molecule has 4 heteroatoms. The zero-order chi connectivity index (χ0) is 13.8. The molecule has 0 atom stereocenters. The second-order valence-electron chi connectivity index (χ2n) is 4.71. The summed E-state index contributed by atoms with van der Waals surface area (Å²) in [5.41, 5.74) is 2.15. The van der Waals surface area contributed by atoms with Gasteiger partial charge in [-0.15, -0.1) is 0 Å². The molecule has 1 heterocycles. The van der Waals surface area contributed by atoms with Crippen LogP contribution in [0.5, 0.6) is 0 Å². The van der Waals surface area contributed by atoms with Crippen LogP contribution in [0.3, 0.4) is 0 Å². The predicted octanol–water partition coefficient (Wildman–Crippen LogP) is 3.40. The quantitative estimate of drug-likeness (QED) is 0.827. The number of aryl methyl sites for hydroxylation is 1. The topological polar surface area (TPSA) is 46.3 Å². The zero-order valence-electron chi connectivity index (χ0n) is 11.8. The fourth-order valence-electron chi connectivity index (χ4n) is 2.21. The van der Waals surface area contributed by atoms with Gasteiger partial charge in [0.2, 0.25) is 0 Å². The lowest BCUT2D eigenvalue weighted by molar-refractivity contribution is 0.0755. The maximum Gasteiger partial charge on any atom is 0.253 e. The summed E-state index contributed by atoms with van der Waals surface area (Å²) in [5, 5.41) is 0. The fraction of sp³-hybridized carbons (Fsp3) is 0.467. The van der Waals surface area contributed by atoms with E-state index < -0.39 is 0 Å². The molecule has 19 heavy (non-hydrogen) atoms. The second kappa shape index (κ2) is 5.87. The smallest absolute Gasteiger partial charge is 0.253 e. The van der Waals surface area contributed by atoms with Crippen LogP contribution in [-0.4, -0.2) is 28.9 Å². The highest BCUT2D eigenvalue weighted by molar-refractivity contribution is 5.97. The first-order chi connectivity index (χ1) is 9.15. The van der Waals surface area contributed by atoms with E-state index in [2.05, 4.69) is 18.8 Å². The van der Waals surface area contributed by atoms with Gasteiger partial charge < -0.3 is 9.32 Å². The lowest BCUT2D eigenvalue weighted by Crippen LogP contribution is -2.32. The maximum atomic E-state index is 12.4. The van der Waals surface area contributed by atoms with Gasteiger partial charge in [-0.05, 0) is 31.0 Å². The van der Waals surface area contributed by atoms with E-state index in [1.165, 1.54) is 0 Å². The minimum absolute atomic E-state index is 0.0691. The summed E-state index contributed by atoms with van der Waals surface area (Å²) in [6, 6.07) is 5.45. The number of amides is 1. The van der Waals surface area contributed by atoms with Crippen molar-refractivity contribution in [3.05, 3.63) is 29.7 Å². The molecule has 0 aliphatic carbocycles. The normalized spacial score (nSPS) is 10.9. The number of carbonyl (C=O) groups is 1. The van der Waals surface area contributed by atoms with Gasteiger partial charge >= 0.3 is 0 Å². The first kappa shape index (κ1) is 13.6. The first-order valence-corrected chi connectivity index (χ1v) is 6.82. The SMILES string of the molecule is CCCN(CCC)C(=O)c1ccc2nc(C)oc2c1. The Balaban J connectivity index is 2.28. The average molecular weight is 260 g/mol. The van der Waals surface area contributed by atoms with E-state index in [-0.39, 0.29) is 5.91 Å². The van der Waals surface area contributed by atoms with Crippen molar-refractivity contribution in [2.24, 2.45) is 0 Å². The molecule has 0 N–H and O–H groups in total. The average Bonchev–Trinajstić information content (AvgIpc) is 2.76. The van der Waals surface area contributed by atoms with Crippen LogP contribution in [0.4, 0.5) is 0 Å². The second-order valence-corrected chi connectivity index (χ2v) is 4.71. The molecule has 0 radical (unpaired) electrons. The number of benzene rings is 1. The van der Waals surface area contributed by atoms with E-state index in [1.54, 1.807) is 6.07 Å². The third-order valence-corrected chi connectivity index (χ3v) is 3.02. The lowest BCUT2D eigenvalue weighted by Gasteiger charge is -2.21. The fourth-order valence-corrected chi connectivity index (χ4v) is 2.21. The molecule has 4 nitrogen and oxygen atoms in total. The highest BCUT2D eigenvalue weighted by Gasteiger charge is 2.15. The molecule has 0 unspecified atom stereocenters. The number of hydrogen-bond acceptors (Lipinski definition) is 3. The van der Waals surface area contributed by atoms with Gasteiger partial charge in [-0.1, -0.05) is 13.8 Å². The van der Waals surface area contributed by atoms with Crippen LogP contribution < -0.4 is 0 Å². The highest BCUT2D eigenvalue weighted by Crippen LogP contribution is 2.18. The molecule has 0 fully saturated rings. The summed E-state index contributed by atoms with van der Waals surface area (Å²) in [7, 11) is 0. The number of nitrogens with zero attached hydrogens (tertiary/aromatic N) is 2. The van der Waals surface area contributed by atoms with Gasteiger partial charge in [0.05, 0.1) is 0 Å². The van der Waals surface area contributed by atoms with Crippen molar-refractivity contribution in [3.63, 3.8) is 0 Å². The molecule has 0 bridgehead atoms. The Morgan fingerprint density at radius 3 is 2.58 bits per heavy atom. The third-order valence-electron chi connectivity index (χ3n) is 3.02. The van der Waals surface area contributed by atoms with Gasteiger partial charge in [0.1, 0.15) is 5.52 Å². The molecule has 1 aromatic heterocycles. The molecular formula is C15H20N2O2. The van der Waals surface area contributed by atoms with E-state index in [1.807, 2.05) is 24.0 Å². The van der Waals surface area contributed by atoms with Crippen LogP contribution in [0.25, 0.3) is 11.1 Å². The molecule has 102 valence electrons. The highest BCUT2D eigenvalue weighted by atomic mass is 16.3. The van der Waals surface area contributed by atoms with Gasteiger partial charge in [-0.25, -0.2) is 4.98 Å². The van der Waals surface area contributed by atoms with Crippen LogP contribution in [-0.2, 0) is 0 Å². The molecule has 1 amide bonds. The van der Waals surface area contributed by atoms with Gasteiger partial charge in [0.25, 0.3) is 5.91 Å². The van der Waals surface area contributed by atoms with Crippen LogP contribution in [0.2, 0.25) is 0 Å². The Kier molecular flexibility index (Phi) is 4.20.